The lowest BCUT2D eigenvalue weighted by atomic mass is 9.84. The van der Waals surface area contributed by atoms with Crippen molar-refractivity contribution in [2.24, 2.45) is 5.41 Å². The van der Waals surface area contributed by atoms with Gasteiger partial charge in [0.05, 0.1) is 59.5 Å². The zero-order chi connectivity index (χ0) is 47.7. The van der Waals surface area contributed by atoms with Gasteiger partial charge in [0.25, 0.3) is 11.8 Å². The van der Waals surface area contributed by atoms with Crippen LogP contribution in [0.2, 0.25) is 0 Å². The van der Waals surface area contributed by atoms with Gasteiger partial charge >= 0.3 is 5.97 Å². The van der Waals surface area contributed by atoms with Gasteiger partial charge in [0.15, 0.2) is 0 Å². The largest absolute Gasteiger partial charge is 0.464 e. The fourth-order valence-electron chi connectivity index (χ4n) is 9.73. The molecule has 2 N–H and O–H groups in total. The van der Waals surface area contributed by atoms with Crippen LogP contribution >= 0.6 is 11.3 Å². The number of amides is 3. The van der Waals surface area contributed by atoms with Gasteiger partial charge in [-0.2, -0.15) is 0 Å². The summed E-state index contributed by atoms with van der Waals surface area (Å²) < 4.78 is 20.4. The average molecular weight is 935 g/mol. The monoisotopic (exact) mass is 934 g/mol. The molecule has 0 unspecified atom stereocenters. The zero-order valence-electron chi connectivity index (χ0n) is 40.3. The SMILES string of the molecule is CCn1c(-c2cccnc2[C@H](C)OC)c2c3cc(ccc31)-c1csc(n1)C[C@](C)(NC(=O)CCO[C@H]1CCN(C(=O)C#CC(C)(C)N3CCC3)C1)C(=O)N1CCC[C@H](N1)C(=O)OCC(C)(C)C2. The molecule has 358 valence electrons. The van der Waals surface area contributed by atoms with Gasteiger partial charge in [0.2, 0.25) is 5.91 Å². The lowest BCUT2D eigenvalue weighted by molar-refractivity contribution is -0.157. The lowest BCUT2D eigenvalue weighted by Crippen LogP contribution is -2.65. The van der Waals surface area contributed by atoms with Crippen LogP contribution in [-0.4, -0.2) is 129 Å². The number of ether oxygens (including phenoxy) is 3. The molecular formula is C51H66N8O7S. The molecule has 8 rings (SSSR count). The minimum atomic E-state index is -1.43. The molecule has 4 atom stereocenters. The summed E-state index contributed by atoms with van der Waals surface area (Å²) in [6.45, 7) is 18.4. The summed E-state index contributed by atoms with van der Waals surface area (Å²) in [7, 11) is 1.69. The van der Waals surface area contributed by atoms with Crippen LogP contribution in [0.5, 0.6) is 0 Å². The average Bonchev–Trinajstić information content (AvgIpc) is 4.03. The van der Waals surface area contributed by atoms with Crippen LogP contribution < -0.4 is 10.7 Å². The fraction of sp³-hybridized carbons (Fsp3) is 0.569. The molecule has 4 aliphatic heterocycles. The number of carbonyl (C=O) groups is 4. The highest BCUT2D eigenvalue weighted by Gasteiger charge is 2.42. The molecule has 15 nitrogen and oxygen atoms in total. The standard InChI is InChI=1S/C51H66N8O7S/c1-9-58-41-16-15-34-27-37(41)38(46(58)36-13-10-21-52-45(36)33(2)64-8)28-49(3,4)32-66-47(62)39-14-11-24-59(55-39)48(63)51(7,29-43-53-40(34)31-67-43)54-42(60)19-26-65-35-18-25-56(30-35)44(61)17-20-50(5,6)57-22-12-23-57/h10,13,15-16,21,27,31,33,35,39,55H,9,11-12,14,18-19,22-26,28-30,32H2,1-8H3,(H,54,60)/t33-,35-,39-,51-/m0/s1. The summed E-state index contributed by atoms with van der Waals surface area (Å²) in [6.07, 6.45) is 4.90. The number of likely N-dealkylation sites (tertiary alicyclic amines) is 2. The lowest BCUT2D eigenvalue weighted by Gasteiger charge is -2.41. The molecule has 0 saturated carbocycles. The van der Waals surface area contributed by atoms with Crippen LogP contribution in [0.25, 0.3) is 33.4 Å². The summed E-state index contributed by atoms with van der Waals surface area (Å²) in [5.41, 5.74) is 7.65. The Kier molecular flexibility index (Phi) is 14.3. The first-order valence-electron chi connectivity index (χ1n) is 23.8. The van der Waals surface area contributed by atoms with Gasteiger partial charge in [0, 0.05) is 91.8 Å². The van der Waals surface area contributed by atoms with E-state index in [1.54, 1.807) is 25.1 Å². The molecule has 4 aliphatic rings. The molecular weight excluding hydrogens is 869 g/mol. The Hall–Kier alpha value is -5.18. The van der Waals surface area contributed by atoms with Crippen molar-refractivity contribution in [1.82, 2.24) is 40.1 Å². The molecule has 3 fully saturated rings. The number of aromatic nitrogens is 3. The third-order valence-electron chi connectivity index (χ3n) is 13.8. The van der Waals surface area contributed by atoms with Crippen molar-refractivity contribution in [3.63, 3.8) is 0 Å². The number of fused-ring (bicyclic) bond motifs is 6. The molecule has 7 heterocycles. The normalized spacial score (nSPS) is 22.9. The number of esters is 1. The summed E-state index contributed by atoms with van der Waals surface area (Å²) in [5, 5.41) is 8.25. The number of pyridine rings is 1. The second-order valence-electron chi connectivity index (χ2n) is 20.0. The van der Waals surface area contributed by atoms with Crippen LogP contribution in [0.3, 0.4) is 0 Å². The number of hydrogen-bond acceptors (Lipinski definition) is 12. The van der Waals surface area contributed by atoms with Gasteiger partial charge in [-0.1, -0.05) is 25.8 Å². The fourth-order valence-corrected chi connectivity index (χ4v) is 10.7. The molecule has 0 radical (unpaired) electrons. The first-order valence-corrected chi connectivity index (χ1v) is 24.7. The van der Waals surface area contributed by atoms with Crippen molar-refractivity contribution in [2.45, 2.75) is 129 Å². The molecule has 4 aromatic rings. The first kappa shape index (κ1) is 48.3. The Bertz CT molecular complexity index is 2570. The Balaban J connectivity index is 1.05. The third-order valence-corrected chi connectivity index (χ3v) is 14.6. The Morgan fingerprint density at radius 2 is 1.90 bits per heavy atom. The molecule has 0 aliphatic carbocycles. The van der Waals surface area contributed by atoms with Crippen LogP contribution in [-0.2, 0) is 52.8 Å². The van der Waals surface area contributed by atoms with Crippen LogP contribution in [0.4, 0.5) is 0 Å². The van der Waals surface area contributed by atoms with E-state index in [0.29, 0.717) is 56.9 Å². The number of rotatable bonds is 10. The van der Waals surface area contributed by atoms with E-state index in [4.69, 9.17) is 24.2 Å². The number of aryl methyl sites for hydroxylation is 1. The number of carbonyl (C=O) groups excluding carboxylic acids is 4. The molecule has 16 heteroatoms. The van der Waals surface area contributed by atoms with Crippen LogP contribution in [0.1, 0.15) is 103 Å². The van der Waals surface area contributed by atoms with Gasteiger partial charge in [-0.15, -0.1) is 11.3 Å². The van der Waals surface area contributed by atoms with Gasteiger partial charge < -0.3 is 29.0 Å². The predicted octanol–water partition coefficient (Wildman–Crippen LogP) is 6.09. The number of benzene rings is 1. The third kappa shape index (κ3) is 10.5. The number of methoxy groups -OCH3 is 1. The van der Waals surface area contributed by atoms with Crippen molar-refractivity contribution >= 4 is 45.9 Å². The van der Waals surface area contributed by atoms with E-state index in [1.807, 2.05) is 32.2 Å². The summed E-state index contributed by atoms with van der Waals surface area (Å²) in [4.78, 5) is 69.2. The minimum absolute atomic E-state index is 0.00505. The topological polar surface area (TPSA) is 160 Å². The van der Waals surface area contributed by atoms with E-state index in [0.717, 1.165) is 64.2 Å². The smallest absolute Gasteiger partial charge is 0.324 e. The Labute approximate surface area is 398 Å². The molecule has 3 saturated heterocycles. The Morgan fingerprint density at radius 3 is 2.64 bits per heavy atom. The molecule has 3 amide bonds. The molecule has 6 bridgehead atoms. The van der Waals surface area contributed by atoms with Gasteiger partial charge in [-0.05, 0) is 102 Å². The quantitative estimate of drug-likeness (QED) is 0.140. The maximum atomic E-state index is 14.7. The maximum absolute atomic E-state index is 14.7. The predicted molar refractivity (Wildman–Crippen MR) is 258 cm³/mol. The molecule has 0 spiro atoms. The van der Waals surface area contributed by atoms with E-state index in [1.165, 1.54) is 16.3 Å². The van der Waals surface area contributed by atoms with E-state index in [2.05, 4.69) is 77.1 Å². The molecule has 67 heavy (non-hydrogen) atoms. The van der Waals surface area contributed by atoms with Crippen molar-refractivity contribution in [3.05, 3.63) is 58.2 Å². The Morgan fingerprint density at radius 1 is 1.09 bits per heavy atom. The highest BCUT2D eigenvalue weighted by molar-refractivity contribution is 7.10. The highest BCUT2D eigenvalue weighted by atomic mass is 32.1. The summed E-state index contributed by atoms with van der Waals surface area (Å²) in [6, 6.07) is 9.72. The van der Waals surface area contributed by atoms with E-state index < -0.39 is 23.0 Å². The number of hydrogen-bond donors (Lipinski definition) is 2. The zero-order valence-corrected chi connectivity index (χ0v) is 41.1. The summed E-state index contributed by atoms with van der Waals surface area (Å²) >= 11 is 1.44. The molecule has 3 aromatic heterocycles. The number of nitrogens with one attached hydrogen (secondary N) is 2. The van der Waals surface area contributed by atoms with Crippen LogP contribution in [0.15, 0.2) is 41.9 Å². The highest BCUT2D eigenvalue weighted by Crippen LogP contribution is 2.42. The number of nitrogens with zero attached hydrogens (tertiary/aromatic N) is 6. The number of cyclic esters (lactones) is 1. The van der Waals surface area contributed by atoms with Gasteiger partial charge in [-0.25, -0.2) is 10.4 Å². The van der Waals surface area contributed by atoms with Crippen molar-refractivity contribution in [3.8, 4) is 34.4 Å². The second-order valence-corrected chi connectivity index (χ2v) is 20.9. The number of hydrazine groups is 1. The van der Waals surface area contributed by atoms with Crippen molar-refractivity contribution < 1.29 is 33.4 Å². The van der Waals surface area contributed by atoms with Gasteiger partial charge in [-0.3, -0.25) is 34.1 Å². The minimum Gasteiger partial charge on any atom is -0.464 e. The van der Waals surface area contributed by atoms with E-state index in [-0.39, 0.29) is 61.5 Å². The first-order chi connectivity index (χ1) is 32.0. The van der Waals surface area contributed by atoms with Crippen molar-refractivity contribution in [2.75, 3.05) is 53.0 Å². The van der Waals surface area contributed by atoms with Crippen LogP contribution in [0, 0.1) is 17.3 Å². The van der Waals surface area contributed by atoms with E-state index >= 15 is 0 Å². The number of thiazole rings is 1. The summed E-state index contributed by atoms with van der Waals surface area (Å²) in [5.74, 6) is 4.62. The van der Waals surface area contributed by atoms with Crippen molar-refractivity contribution in [1.29, 1.82) is 0 Å². The maximum Gasteiger partial charge on any atom is 0.324 e. The van der Waals surface area contributed by atoms with Gasteiger partial charge in [0.1, 0.15) is 11.6 Å². The second kappa shape index (κ2) is 19.8. The molecule has 1 aromatic carbocycles. The van der Waals surface area contributed by atoms with E-state index in [9.17, 15) is 19.2 Å².